The Kier molecular flexibility index (Phi) is 36.3. The van der Waals surface area contributed by atoms with E-state index in [2.05, 4.69) is 52.8 Å². The maximum atomic E-state index is 14.1. The van der Waals surface area contributed by atoms with Crippen LogP contribution in [0.15, 0.2) is 4.99 Å². The van der Waals surface area contributed by atoms with Crippen molar-refractivity contribution in [2.24, 2.45) is 63.1 Å². The predicted octanol–water partition coefficient (Wildman–Crippen LogP) is -5.27. The number of carboxylic acid groups (broad SMARTS) is 1. The molecule has 0 aliphatic rings. The van der Waals surface area contributed by atoms with Crippen molar-refractivity contribution < 1.29 is 68.1 Å². The fourth-order valence-electron chi connectivity index (χ4n) is 8.00. The van der Waals surface area contributed by atoms with Gasteiger partial charge >= 0.3 is 5.97 Å². The molecule has 0 saturated heterocycles. The van der Waals surface area contributed by atoms with Gasteiger partial charge in [0, 0.05) is 6.54 Å². The SMILES string of the molecule is CC[C@H](C)[C@H](NC(=O)[C@@H](NC(=O)[C@H](CC(C)C)NC(=O)[C@H](CC(N)=O)NC(=O)[C@H](CO)NC(=O)[C@H](CO)NC(=O)[C@H](CCCN=C(N)N)NC(=O)[C@@H](N)CCCCN)C(C)C)C(=O)N[C@@H](CCCCN)C(=O)N[C@@H](CC(C)C)C(=O)O. The Hall–Kier alpha value is -6.76. The number of rotatable bonds is 42. The van der Waals surface area contributed by atoms with Gasteiger partial charge in [0.2, 0.25) is 59.1 Å². The highest BCUT2D eigenvalue weighted by Crippen LogP contribution is 2.15. The lowest BCUT2D eigenvalue weighted by Crippen LogP contribution is -2.62. The topological polar surface area (TPSA) is 525 Å². The van der Waals surface area contributed by atoms with E-state index in [1.54, 1.807) is 55.4 Å². The van der Waals surface area contributed by atoms with Gasteiger partial charge in [0.05, 0.1) is 25.7 Å². The van der Waals surface area contributed by atoms with E-state index >= 15 is 0 Å². The summed E-state index contributed by atoms with van der Waals surface area (Å²) >= 11 is 0. The molecule has 0 fully saturated rings. The van der Waals surface area contributed by atoms with Crippen molar-refractivity contribution in [3.05, 3.63) is 0 Å². The molecule has 0 bridgehead atoms. The lowest BCUT2D eigenvalue weighted by Gasteiger charge is -2.31. The third-order valence-electron chi connectivity index (χ3n) is 12.8. The fraction of sp³-hybridized carbons (Fsp3) is 0.765. The second-order valence-electron chi connectivity index (χ2n) is 21.3. The highest BCUT2D eigenvalue weighted by molar-refractivity contribution is 5.99. The number of nitrogens with one attached hydrogen (secondary N) is 9. The molecule has 81 heavy (non-hydrogen) atoms. The minimum atomic E-state index is -1.88. The summed E-state index contributed by atoms with van der Waals surface area (Å²) in [6.45, 7) is 12.3. The molecular weight excluding hydrogens is 1060 g/mol. The first kappa shape index (κ1) is 74.2. The number of guanidine groups is 1. The Morgan fingerprint density at radius 2 is 0.840 bits per heavy atom. The molecule has 0 radical (unpaired) electrons. The van der Waals surface area contributed by atoms with Gasteiger partial charge in [-0.05, 0) is 94.5 Å². The van der Waals surface area contributed by atoms with Crippen LogP contribution in [0.1, 0.15) is 132 Å². The molecule has 0 saturated carbocycles. The number of aliphatic hydroxyl groups excluding tert-OH is 2. The number of amides is 10. The second kappa shape index (κ2) is 39.6. The monoisotopic (exact) mass is 1160 g/mol. The number of carboxylic acids is 1. The summed E-state index contributed by atoms with van der Waals surface area (Å²) in [4.78, 5) is 151. The van der Waals surface area contributed by atoms with Crippen molar-refractivity contribution in [1.82, 2.24) is 47.9 Å². The smallest absolute Gasteiger partial charge is 0.326 e. The van der Waals surface area contributed by atoms with Crippen LogP contribution >= 0.6 is 0 Å². The number of nitrogens with two attached hydrogens (primary N) is 6. The number of nitrogens with zero attached hydrogens (tertiary/aromatic N) is 1. The summed E-state index contributed by atoms with van der Waals surface area (Å²) in [6, 6.07) is -14.3. The van der Waals surface area contributed by atoms with E-state index in [9.17, 15) is 68.1 Å². The fourth-order valence-corrected chi connectivity index (χ4v) is 8.00. The number of primary amides is 1. The van der Waals surface area contributed by atoms with E-state index in [-0.39, 0.29) is 62.9 Å². The van der Waals surface area contributed by atoms with Gasteiger partial charge in [0.25, 0.3) is 0 Å². The molecule has 11 atom stereocenters. The second-order valence-corrected chi connectivity index (χ2v) is 21.3. The summed E-state index contributed by atoms with van der Waals surface area (Å²) in [6.07, 6.45) is 2.09. The molecule has 0 aliphatic heterocycles. The molecule has 464 valence electrons. The molecule has 0 heterocycles. The van der Waals surface area contributed by atoms with Gasteiger partial charge < -0.3 is 97.6 Å². The predicted molar refractivity (Wildman–Crippen MR) is 300 cm³/mol. The Morgan fingerprint density at radius 1 is 0.457 bits per heavy atom. The highest BCUT2D eigenvalue weighted by Gasteiger charge is 2.37. The molecule has 24 N–H and O–H groups in total. The van der Waals surface area contributed by atoms with Crippen LogP contribution < -0.4 is 82.3 Å². The van der Waals surface area contributed by atoms with Crippen molar-refractivity contribution in [2.75, 3.05) is 32.8 Å². The summed E-state index contributed by atoms with van der Waals surface area (Å²) < 4.78 is 0. The molecule has 0 aliphatic carbocycles. The highest BCUT2D eigenvalue weighted by atomic mass is 16.4. The maximum absolute atomic E-state index is 14.1. The number of hydrogen-bond acceptors (Lipinski definition) is 17. The Labute approximate surface area is 474 Å². The lowest BCUT2D eigenvalue weighted by atomic mass is 9.95. The summed E-state index contributed by atoms with van der Waals surface area (Å²) in [5.74, 6) is -12.5. The zero-order chi connectivity index (χ0) is 62.1. The van der Waals surface area contributed by atoms with Gasteiger partial charge in [0.1, 0.15) is 54.4 Å². The molecule has 0 rings (SSSR count). The molecular formula is C51H96N16O14. The molecule has 0 spiro atoms. The van der Waals surface area contributed by atoms with Crippen LogP contribution in [-0.2, 0) is 52.7 Å². The Bertz CT molecular complexity index is 2080. The average Bonchev–Trinajstić information content (AvgIpc) is 3.38. The largest absolute Gasteiger partial charge is 0.480 e. The summed E-state index contributed by atoms with van der Waals surface area (Å²) in [5.41, 5.74) is 33.4. The lowest BCUT2D eigenvalue weighted by molar-refractivity contribution is -0.143. The molecule has 0 aromatic carbocycles. The van der Waals surface area contributed by atoms with Crippen molar-refractivity contribution in [3.63, 3.8) is 0 Å². The number of aliphatic hydroxyl groups is 2. The molecule has 10 amide bonds. The first-order valence-corrected chi connectivity index (χ1v) is 27.7. The number of aliphatic carboxylic acids is 1. The molecule has 30 nitrogen and oxygen atoms in total. The number of unbranched alkanes of at least 4 members (excludes halogenated alkanes) is 2. The number of hydrogen-bond donors (Lipinski definition) is 18. The third-order valence-corrected chi connectivity index (χ3v) is 12.8. The molecule has 30 heteroatoms. The van der Waals surface area contributed by atoms with Crippen molar-refractivity contribution in [2.45, 2.75) is 193 Å². The number of aliphatic imine (C=N–C) groups is 1. The normalized spacial score (nSPS) is 15.4. The first-order chi connectivity index (χ1) is 38.0. The minimum absolute atomic E-state index is 0.0542. The van der Waals surface area contributed by atoms with E-state index < -0.39 is 157 Å². The van der Waals surface area contributed by atoms with Gasteiger partial charge in [0.15, 0.2) is 5.96 Å². The van der Waals surface area contributed by atoms with Gasteiger partial charge in [-0.15, -0.1) is 0 Å². The van der Waals surface area contributed by atoms with E-state index in [1.807, 2.05) is 0 Å². The standard InChI is InChI=1S/C51H96N16O14/c1-9-29(8)40(49(79)60-31(16-11-13-19-53)42(72)63-35(50(80)81)22-27(4)5)67-48(78)39(28(6)7)66-45(75)33(21-26(2)3)61-44(74)34(23-38(55)70)62-46(76)36(24-68)65-47(77)37(25-69)64-43(73)32(17-14-20-58-51(56)57)59-41(71)30(54)15-10-12-18-52/h26-37,39-40,68-69H,9-25,52-54H2,1-8H3,(H2,55,70)(H,59,71)(H,60,79)(H,61,74)(H,62,76)(H,63,72)(H,64,73)(H,65,77)(H,66,75)(H,67,78)(H,80,81)(H4,56,57,58)/t29-,30-,31-,32-,33-,34-,35-,36-,37-,39-,40-/m0/s1. The van der Waals surface area contributed by atoms with Gasteiger partial charge in [-0.3, -0.25) is 52.9 Å². The molecule has 0 aromatic rings. The van der Waals surface area contributed by atoms with Crippen molar-refractivity contribution in [1.29, 1.82) is 0 Å². The first-order valence-electron chi connectivity index (χ1n) is 27.7. The van der Waals surface area contributed by atoms with Gasteiger partial charge in [-0.25, -0.2) is 4.79 Å². The maximum Gasteiger partial charge on any atom is 0.326 e. The van der Waals surface area contributed by atoms with Crippen LogP contribution in [0.3, 0.4) is 0 Å². The summed E-state index contributed by atoms with van der Waals surface area (Å²) in [7, 11) is 0. The van der Waals surface area contributed by atoms with E-state index in [0.29, 0.717) is 45.2 Å². The molecule has 0 unspecified atom stereocenters. The van der Waals surface area contributed by atoms with E-state index in [1.165, 1.54) is 0 Å². The number of carbonyl (C=O) groups is 11. The van der Waals surface area contributed by atoms with Gasteiger partial charge in [-0.1, -0.05) is 68.2 Å². The summed E-state index contributed by atoms with van der Waals surface area (Å²) in [5, 5.41) is 52.3. The zero-order valence-electron chi connectivity index (χ0n) is 48.3. The van der Waals surface area contributed by atoms with Crippen molar-refractivity contribution >= 4 is 71.0 Å². The van der Waals surface area contributed by atoms with E-state index in [4.69, 9.17) is 34.4 Å². The van der Waals surface area contributed by atoms with Crippen LogP contribution in [0.2, 0.25) is 0 Å². The van der Waals surface area contributed by atoms with Crippen molar-refractivity contribution in [3.8, 4) is 0 Å². The van der Waals surface area contributed by atoms with Crippen LogP contribution in [0.25, 0.3) is 0 Å². The minimum Gasteiger partial charge on any atom is -0.480 e. The zero-order valence-corrected chi connectivity index (χ0v) is 48.3. The van der Waals surface area contributed by atoms with Crippen LogP contribution in [0.4, 0.5) is 0 Å². The number of carbonyl (C=O) groups excluding carboxylic acids is 10. The van der Waals surface area contributed by atoms with Crippen LogP contribution in [0, 0.1) is 23.7 Å². The Balaban J connectivity index is 6.50. The quantitative estimate of drug-likeness (QED) is 0.0154. The molecule has 0 aromatic heterocycles. The van der Waals surface area contributed by atoms with Crippen LogP contribution in [0.5, 0.6) is 0 Å². The van der Waals surface area contributed by atoms with Crippen LogP contribution in [-0.4, -0.2) is 180 Å². The van der Waals surface area contributed by atoms with E-state index in [0.717, 1.165) is 0 Å². The average molecular weight is 1160 g/mol. The van der Waals surface area contributed by atoms with Gasteiger partial charge in [-0.2, -0.15) is 0 Å². The Morgan fingerprint density at radius 3 is 1.28 bits per heavy atom. The third kappa shape index (κ3) is 29.5.